The number of benzene rings is 2. The predicted molar refractivity (Wildman–Crippen MR) is 111 cm³/mol. The van der Waals surface area contributed by atoms with Gasteiger partial charge in [-0.05, 0) is 49.6 Å². The molecule has 7 nitrogen and oxygen atoms in total. The summed E-state index contributed by atoms with van der Waals surface area (Å²) in [7, 11) is 0. The third-order valence-corrected chi connectivity index (χ3v) is 5.30. The van der Waals surface area contributed by atoms with E-state index in [0.717, 1.165) is 16.0 Å². The lowest BCUT2D eigenvalue weighted by molar-refractivity contribution is -0.131. The minimum atomic E-state index is -2.88. The van der Waals surface area contributed by atoms with Crippen LogP contribution in [0.4, 0.5) is 13.6 Å². The quantitative estimate of drug-likeness (QED) is 0.524. The van der Waals surface area contributed by atoms with Gasteiger partial charge in [0.05, 0.1) is 12.2 Å². The van der Waals surface area contributed by atoms with E-state index in [1.165, 1.54) is 18.4 Å². The van der Waals surface area contributed by atoms with E-state index >= 15 is 0 Å². The molecule has 1 atom stereocenters. The third kappa shape index (κ3) is 4.61. The number of oxazole rings is 1. The van der Waals surface area contributed by atoms with E-state index < -0.39 is 18.2 Å². The van der Waals surface area contributed by atoms with Crippen molar-refractivity contribution in [2.45, 2.75) is 38.5 Å². The molecular weight excluding hydrogens is 420 g/mol. The van der Waals surface area contributed by atoms with Crippen molar-refractivity contribution in [2.24, 2.45) is 0 Å². The molecule has 9 heteroatoms. The molecule has 1 fully saturated rings. The summed E-state index contributed by atoms with van der Waals surface area (Å²) in [5, 5.41) is 2.75. The average Bonchev–Trinajstić information content (AvgIpc) is 3.33. The summed E-state index contributed by atoms with van der Waals surface area (Å²) in [5.74, 6) is 0.118. The molecule has 166 valence electrons. The number of carbonyl (C=O) groups is 2. The Morgan fingerprint density at radius 1 is 1.12 bits per heavy atom. The standard InChI is InChI=1S/C23H21F2N3O4/c1-23(12-11-15-7-9-18(10-8-15)32-21(24)25)20(29)28(22(30)27-23)13-17-14-31-19(26-17)16-5-3-2-4-6-16/h2-10,14,21H,11-13H2,1H3,(H,27,30). The molecule has 1 aromatic heterocycles. The lowest BCUT2D eigenvalue weighted by atomic mass is 9.93. The molecule has 1 aliphatic rings. The molecule has 0 saturated carbocycles. The van der Waals surface area contributed by atoms with E-state index in [4.69, 9.17) is 4.42 Å². The van der Waals surface area contributed by atoms with Crippen LogP contribution in [0.3, 0.4) is 0 Å². The molecule has 2 aromatic carbocycles. The fourth-order valence-corrected chi connectivity index (χ4v) is 3.55. The number of aromatic nitrogens is 1. The summed E-state index contributed by atoms with van der Waals surface area (Å²) in [5.41, 5.74) is 1.01. The number of urea groups is 1. The molecular formula is C23H21F2N3O4. The van der Waals surface area contributed by atoms with E-state index in [2.05, 4.69) is 15.0 Å². The van der Waals surface area contributed by atoms with Gasteiger partial charge in [0.1, 0.15) is 17.6 Å². The van der Waals surface area contributed by atoms with Gasteiger partial charge < -0.3 is 14.5 Å². The smallest absolute Gasteiger partial charge is 0.387 e. The average molecular weight is 441 g/mol. The number of ether oxygens (including phenoxy) is 1. The van der Waals surface area contributed by atoms with Crippen molar-refractivity contribution in [1.29, 1.82) is 0 Å². The van der Waals surface area contributed by atoms with Crippen LogP contribution in [0, 0.1) is 0 Å². The Morgan fingerprint density at radius 2 is 1.84 bits per heavy atom. The Balaban J connectivity index is 1.39. The topological polar surface area (TPSA) is 84.7 Å². The van der Waals surface area contributed by atoms with Crippen molar-refractivity contribution in [2.75, 3.05) is 0 Å². The van der Waals surface area contributed by atoms with Crippen LogP contribution >= 0.6 is 0 Å². The molecule has 2 heterocycles. The van der Waals surface area contributed by atoms with Crippen LogP contribution in [-0.4, -0.2) is 34.0 Å². The third-order valence-electron chi connectivity index (χ3n) is 5.30. The van der Waals surface area contributed by atoms with Crippen molar-refractivity contribution in [3.8, 4) is 17.2 Å². The van der Waals surface area contributed by atoms with Gasteiger partial charge in [0, 0.05) is 5.56 Å². The zero-order chi connectivity index (χ0) is 22.7. The van der Waals surface area contributed by atoms with E-state index in [1.54, 1.807) is 19.1 Å². The highest BCUT2D eigenvalue weighted by Gasteiger charge is 2.47. The van der Waals surface area contributed by atoms with Gasteiger partial charge in [-0.25, -0.2) is 9.78 Å². The Kier molecular flexibility index (Phi) is 5.89. The molecule has 1 saturated heterocycles. The van der Waals surface area contributed by atoms with E-state index in [1.807, 2.05) is 30.3 Å². The van der Waals surface area contributed by atoms with Crippen LogP contribution in [-0.2, 0) is 17.8 Å². The molecule has 1 aliphatic heterocycles. The Bertz CT molecular complexity index is 1100. The SMILES string of the molecule is CC1(CCc2ccc(OC(F)F)cc2)NC(=O)N(Cc2coc(-c3ccccc3)n2)C1=O. The minimum absolute atomic E-state index is 0.00372. The van der Waals surface area contributed by atoms with Gasteiger partial charge in [0.25, 0.3) is 5.91 Å². The number of halogens is 2. The Hall–Kier alpha value is -3.75. The highest BCUT2D eigenvalue weighted by atomic mass is 19.3. The molecule has 0 spiro atoms. The Morgan fingerprint density at radius 3 is 2.53 bits per heavy atom. The monoisotopic (exact) mass is 441 g/mol. The molecule has 32 heavy (non-hydrogen) atoms. The molecule has 1 unspecified atom stereocenters. The van der Waals surface area contributed by atoms with Crippen molar-refractivity contribution in [1.82, 2.24) is 15.2 Å². The number of amides is 3. The summed E-state index contributed by atoms with van der Waals surface area (Å²) in [4.78, 5) is 31.0. The lowest BCUT2D eigenvalue weighted by Crippen LogP contribution is -2.44. The lowest BCUT2D eigenvalue weighted by Gasteiger charge is -2.21. The normalized spacial score (nSPS) is 18.3. The second-order valence-electron chi connectivity index (χ2n) is 7.69. The second-order valence-corrected chi connectivity index (χ2v) is 7.69. The molecule has 1 N–H and O–H groups in total. The molecule has 0 aliphatic carbocycles. The van der Waals surface area contributed by atoms with Crippen molar-refractivity contribution >= 4 is 11.9 Å². The zero-order valence-corrected chi connectivity index (χ0v) is 17.3. The number of imide groups is 1. The maximum Gasteiger partial charge on any atom is 0.387 e. The van der Waals surface area contributed by atoms with Crippen LogP contribution in [0.25, 0.3) is 11.5 Å². The summed E-state index contributed by atoms with van der Waals surface area (Å²) in [6.45, 7) is -1.22. The van der Waals surface area contributed by atoms with Crippen molar-refractivity contribution in [3.63, 3.8) is 0 Å². The Labute approximate surface area is 183 Å². The number of nitrogens with zero attached hydrogens (tertiary/aromatic N) is 2. The van der Waals surface area contributed by atoms with Crippen LogP contribution < -0.4 is 10.1 Å². The fraction of sp³-hybridized carbons (Fsp3) is 0.261. The van der Waals surface area contributed by atoms with Gasteiger partial charge in [0.15, 0.2) is 0 Å². The van der Waals surface area contributed by atoms with E-state index in [9.17, 15) is 18.4 Å². The van der Waals surface area contributed by atoms with Crippen LogP contribution in [0.2, 0.25) is 0 Å². The summed E-state index contributed by atoms with van der Waals surface area (Å²) >= 11 is 0. The first-order chi connectivity index (χ1) is 15.3. The number of aryl methyl sites for hydroxylation is 1. The zero-order valence-electron chi connectivity index (χ0n) is 17.3. The van der Waals surface area contributed by atoms with Crippen molar-refractivity contribution < 1.29 is 27.5 Å². The van der Waals surface area contributed by atoms with E-state index in [-0.39, 0.29) is 18.2 Å². The molecule has 3 amide bonds. The summed E-state index contributed by atoms with van der Waals surface area (Å²) in [6, 6.07) is 15.0. The summed E-state index contributed by atoms with van der Waals surface area (Å²) < 4.78 is 34.4. The number of rotatable bonds is 8. The van der Waals surface area contributed by atoms with Gasteiger partial charge in [-0.15, -0.1) is 0 Å². The van der Waals surface area contributed by atoms with Crippen molar-refractivity contribution in [3.05, 3.63) is 72.1 Å². The van der Waals surface area contributed by atoms with Crippen LogP contribution in [0.5, 0.6) is 5.75 Å². The maximum absolute atomic E-state index is 13.0. The highest BCUT2D eigenvalue weighted by molar-refractivity contribution is 6.06. The molecule has 0 bridgehead atoms. The van der Waals surface area contributed by atoms with Gasteiger partial charge in [-0.1, -0.05) is 30.3 Å². The number of alkyl halides is 2. The van der Waals surface area contributed by atoms with Gasteiger partial charge >= 0.3 is 12.6 Å². The number of hydrogen-bond donors (Lipinski definition) is 1. The first-order valence-corrected chi connectivity index (χ1v) is 10.0. The molecule has 3 aromatic rings. The first-order valence-electron chi connectivity index (χ1n) is 10.0. The number of hydrogen-bond acceptors (Lipinski definition) is 5. The van der Waals surface area contributed by atoms with Gasteiger partial charge in [0.2, 0.25) is 5.89 Å². The first kappa shape index (κ1) is 21.5. The number of nitrogens with one attached hydrogen (secondary N) is 1. The molecule has 0 radical (unpaired) electrons. The van der Waals surface area contributed by atoms with Gasteiger partial charge in [-0.2, -0.15) is 8.78 Å². The minimum Gasteiger partial charge on any atom is -0.444 e. The number of carbonyl (C=O) groups excluding carboxylic acids is 2. The van der Waals surface area contributed by atoms with Gasteiger partial charge in [-0.3, -0.25) is 9.69 Å². The van der Waals surface area contributed by atoms with Crippen LogP contribution in [0.1, 0.15) is 24.6 Å². The van der Waals surface area contributed by atoms with E-state index in [0.29, 0.717) is 24.4 Å². The largest absolute Gasteiger partial charge is 0.444 e. The second kappa shape index (κ2) is 8.78. The molecule has 4 rings (SSSR count). The highest BCUT2D eigenvalue weighted by Crippen LogP contribution is 2.26. The predicted octanol–water partition coefficient (Wildman–Crippen LogP) is 4.39. The fourth-order valence-electron chi connectivity index (χ4n) is 3.55. The van der Waals surface area contributed by atoms with Crippen LogP contribution in [0.15, 0.2) is 65.3 Å². The maximum atomic E-state index is 13.0. The summed E-state index contributed by atoms with van der Waals surface area (Å²) in [6.07, 6.45) is 2.24.